The molecule has 0 aliphatic carbocycles. The van der Waals surface area contributed by atoms with Crippen molar-refractivity contribution >= 4 is 29.0 Å². The molecular weight excluding hydrogens is 243 g/mol. The van der Waals surface area contributed by atoms with E-state index in [1.807, 2.05) is 6.08 Å². The van der Waals surface area contributed by atoms with Crippen LogP contribution >= 0.6 is 23.2 Å². The summed E-state index contributed by atoms with van der Waals surface area (Å²) >= 11 is 12.0. The predicted octanol–water partition coefficient (Wildman–Crippen LogP) is 4.46. The fourth-order valence-corrected chi connectivity index (χ4v) is 1.96. The highest BCUT2D eigenvalue weighted by Gasteiger charge is 2.10. The minimum Gasteiger partial charge on any atom is -0.299 e. The van der Waals surface area contributed by atoms with E-state index in [0.717, 1.165) is 18.4 Å². The number of benzene rings is 1. The lowest BCUT2D eigenvalue weighted by Gasteiger charge is -2.05. The van der Waals surface area contributed by atoms with E-state index in [9.17, 15) is 4.79 Å². The quantitative estimate of drug-likeness (QED) is 0.543. The number of carbonyl (C=O) groups is 1. The van der Waals surface area contributed by atoms with E-state index in [0.29, 0.717) is 22.9 Å². The monoisotopic (exact) mass is 256 g/mol. The van der Waals surface area contributed by atoms with Crippen LogP contribution in [0.15, 0.2) is 30.9 Å². The van der Waals surface area contributed by atoms with Gasteiger partial charge in [0.15, 0.2) is 0 Å². The molecule has 0 unspecified atom stereocenters. The molecule has 0 atom stereocenters. The maximum absolute atomic E-state index is 11.6. The molecule has 0 N–H and O–H groups in total. The number of rotatable bonds is 6. The second-order valence-electron chi connectivity index (χ2n) is 3.60. The van der Waals surface area contributed by atoms with Crippen molar-refractivity contribution in [1.29, 1.82) is 0 Å². The van der Waals surface area contributed by atoms with Gasteiger partial charge in [0.25, 0.3) is 0 Å². The molecule has 0 aliphatic rings. The normalized spacial score (nSPS) is 10.1. The largest absolute Gasteiger partial charge is 0.299 e. The third-order valence-electron chi connectivity index (χ3n) is 2.30. The molecule has 0 saturated carbocycles. The maximum Gasteiger partial charge on any atom is 0.137 e. The zero-order valence-electron chi connectivity index (χ0n) is 9.01. The molecule has 0 fully saturated rings. The molecule has 0 aliphatic heterocycles. The van der Waals surface area contributed by atoms with Crippen LogP contribution in [-0.4, -0.2) is 5.78 Å². The molecule has 0 amide bonds. The van der Waals surface area contributed by atoms with Crippen LogP contribution in [0.1, 0.15) is 24.8 Å². The first-order chi connectivity index (χ1) is 7.65. The molecule has 3 heteroatoms. The molecule has 0 aromatic heterocycles. The summed E-state index contributed by atoms with van der Waals surface area (Å²) in [4.78, 5) is 11.6. The summed E-state index contributed by atoms with van der Waals surface area (Å²) in [5.74, 6) is 0.164. The van der Waals surface area contributed by atoms with Crippen LogP contribution in [0.25, 0.3) is 0 Å². The van der Waals surface area contributed by atoms with Crippen LogP contribution < -0.4 is 0 Å². The Kier molecular flexibility index (Phi) is 5.58. The minimum absolute atomic E-state index is 0.164. The number of ketones is 1. The molecule has 0 spiro atoms. The van der Waals surface area contributed by atoms with Gasteiger partial charge in [-0.25, -0.2) is 0 Å². The zero-order valence-corrected chi connectivity index (χ0v) is 10.5. The van der Waals surface area contributed by atoms with Crippen molar-refractivity contribution in [2.24, 2.45) is 0 Å². The van der Waals surface area contributed by atoms with Gasteiger partial charge in [0.2, 0.25) is 0 Å². The molecule has 16 heavy (non-hydrogen) atoms. The zero-order chi connectivity index (χ0) is 12.0. The Morgan fingerprint density at radius 2 is 1.94 bits per heavy atom. The van der Waals surface area contributed by atoms with Gasteiger partial charge < -0.3 is 0 Å². The number of carbonyl (C=O) groups excluding carboxylic acids is 1. The average molecular weight is 257 g/mol. The Labute approximate surface area is 106 Å². The van der Waals surface area contributed by atoms with Crippen molar-refractivity contribution < 1.29 is 4.79 Å². The number of halogens is 2. The summed E-state index contributed by atoms with van der Waals surface area (Å²) < 4.78 is 0. The number of allylic oxidation sites excluding steroid dienone is 1. The van der Waals surface area contributed by atoms with Crippen molar-refractivity contribution in [3.05, 3.63) is 46.5 Å². The van der Waals surface area contributed by atoms with Crippen molar-refractivity contribution in [3.63, 3.8) is 0 Å². The van der Waals surface area contributed by atoms with Crippen LogP contribution in [0.2, 0.25) is 10.0 Å². The molecule has 1 nitrogen and oxygen atoms in total. The Bertz CT molecular complexity index is 365. The predicted molar refractivity (Wildman–Crippen MR) is 69.2 cm³/mol. The fourth-order valence-electron chi connectivity index (χ4n) is 1.43. The lowest BCUT2D eigenvalue weighted by Crippen LogP contribution is -2.03. The van der Waals surface area contributed by atoms with Crippen LogP contribution in [0.3, 0.4) is 0 Å². The summed E-state index contributed by atoms with van der Waals surface area (Å²) in [6.45, 7) is 3.62. The van der Waals surface area contributed by atoms with Gasteiger partial charge in [-0.05, 0) is 30.5 Å². The lowest BCUT2D eigenvalue weighted by molar-refractivity contribution is -0.118. The second kappa shape index (κ2) is 6.72. The highest BCUT2D eigenvalue weighted by molar-refractivity contribution is 6.36. The van der Waals surface area contributed by atoms with Gasteiger partial charge in [0.05, 0.1) is 0 Å². The van der Waals surface area contributed by atoms with Gasteiger partial charge in [-0.2, -0.15) is 0 Å². The molecule has 1 rings (SSSR count). The molecule has 86 valence electrons. The standard InChI is InChI=1S/C13H14Cl2O/c1-2-3-4-6-10(16)9-11-12(14)7-5-8-13(11)15/h2,5,7-8H,1,3-4,6,9H2. The van der Waals surface area contributed by atoms with E-state index >= 15 is 0 Å². The van der Waals surface area contributed by atoms with E-state index < -0.39 is 0 Å². The van der Waals surface area contributed by atoms with Crippen LogP contribution in [0, 0.1) is 0 Å². The van der Waals surface area contributed by atoms with E-state index in [2.05, 4.69) is 6.58 Å². The SMILES string of the molecule is C=CCCCC(=O)Cc1c(Cl)cccc1Cl. The summed E-state index contributed by atoms with van der Waals surface area (Å²) in [5, 5.41) is 1.12. The molecule has 1 aromatic carbocycles. The van der Waals surface area contributed by atoms with Gasteiger partial charge in [-0.1, -0.05) is 35.3 Å². The van der Waals surface area contributed by atoms with Gasteiger partial charge in [0.1, 0.15) is 5.78 Å². The highest BCUT2D eigenvalue weighted by Crippen LogP contribution is 2.25. The summed E-state index contributed by atoms with van der Waals surface area (Å²) in [7, 11) is 0. The molecular formula is C13H14Cl2O. The third-order valence-corrected chi connectivity index (χ3v) is 3.01. The van der Waals surface area contributed by atoms with Crippen LogP contribution in [0.5, 0.6) is 0 Å². The Hall–Kier alpha value is -0.790. The van der Waals surface area contributed by atoms with E-state index in [1.165, 1.54) is 0 Å². The van der Waals surface area contributed by atoms with Gasteiger partial charge in [-0.3, -0.25) is 4.79 Å². The minimum atomic E-state index is 0.164. The molecule has 0 heterocycles. The number of Topliss-reactive ketones (excluding diaryl/α,β-unsaturated/α-hetero) is 1. The highest BCUT2D eigenvalue weighted by atomic mass is 35.5. The molecule has 0 bridgehead atoms. The number of hydrogen-bond donors (Lipinski definition) is 0. The van der Waals surface area contributed by atoms with E-state index in [4.69, 9.17) is 23.2 Å². The first kappa shape index (κ1) is 13.3. The molecule has 1 aromatic rings. The second-order valence-corrected chi connectivity index (χ2v) is 4.41. The topological polar surface area (TPSA) is 17.1 Å². The van der Waals surface area contributed by atoms with E-state index in [-0.39, 0.29) is 5.78 Å². The van der Waals surface area contributed by atoms with Crippen molar-refractivity contribution in [1.82, 2.24) is 0 Å². The summed E-state index contributed by atoms with van der Waals surface area (Å²) in [6.07, 6.45) is 4.38. The van der Waals surface area contributed by atoms with Crippen molar-refractivity contribution in [3.8, 4) is 0 Å². The average Bonchev–Trinajstić information content (AvgIpc) is 2.24. The molecule has 0 saturated heterocycles. The smallest absolute Gasteiger partial charge is 0.137 e. The van der Waals surface area contributed by atoms with Crippen LogP contribution in [-0.2, 0) is 11.2 Å². The first-order valence-corrected chi connectivity index (χ1v) is 5.96. The lowest BCUT2D eigenvalue weighted by atomic mass is 10.0. The van der Waals surface area contributed by atoms with Crippen molar-refractivity contribution in [2.45, 2.75) is 25.7 Å². The molecule has 0 radical (unpaired) electrons. The van der Waals surface area contributed by atoms with Crippen molar-refractivity contribution in [2.75, 3.05) is 0 Å². The Morgan fingerprint density at radius 1 is 1.31 bits per heavy atom. The fraction of sp³-hybridized carbons (Fsp3) is 0.308. The summed E-state index contributed by atoms with van der Waals surface area (Å²) in [5.41, 5.74) is 0.731. The Morgan fingerprint density at radius 3 is 2.50 bits per heavy atom. The first-order valence-electron chi connectivity index (χ1n) is 5.20. The van der Waals surface area contributed by atoms with Gasteiger partial charge >= 0.3 is 0 Å². The number of hydrogen-bond acceptors (Lipinski definition) is 1. The Balaban J connectivity index is 2.59. The number of unbranched alkanes of at least 4 members (excludes halogenated alkanes) is 1. The third kappa shape index (κ3) is 3.99. The maximum atomic E-state index is 11.6. The van der Waals surface area contributed by atoms with Gasteiger partial charge in [-0.15, -0.1) is 6.58 Å². The van der Waals surface area contributed by atoms with Gasteiger partial charge in [0, 0.05) is 22.9 Å². The van der Waals surface area contributed by atoms with Crippen LogP contribution in [0.4, 0.5) is 0 Å². The van der Waals surface area contributed by atoms with E-state index in [1.54, 1.807) is 18.2 Å². The summed E-state index contributed by atoms with van der Waals surface area (Å²) in [6, 6.07) is 5.27.